The van der Waals surface area contributed by atoms with Crippen LogP contribution in [-0.2, 0) is 37.0 Å². The van der Waals surface area contributed by atoms with E-state index in [1.165, 1.54) is 26.0 Å². The number of fused-ring (bicyclic) bond motifs is 3. The second-order valence-electron chi connectivity index (χ2n) is 14.5. The first-order valence-corrected chi connectivity index (χ1v) is 17.8. The number of amides is 1. The molecule has 1 amide bonds. The molecule has 1 spiro atoms. The molecule has 286 valence electrons. The molecule has 0 radical (unpaired) electrons. The van der Waals surface area contributed by atoms with Gasteiger partial charge in [-0.15, -0.1) is 0 Å². The van der Waals surface area contributed by atoms with Gasteiger partial charge in [0.2, 0.25) is 0 Å². The van der Waals surface area contributed by atoms with E-state index in [9.17, 15) is 31.9 Å². The Kier molecular flexibility index (Phi) is 9.72. The largest absolute Gasteiger partial charge is 0.504 e. The number of carbonyl (C=O) groups is 1. The Morgan fingerprint density at radius 3 is 2.64 bits per heavy atom. The fourth-order valence-corrected chi connectivity index (χ4v) is 8.78. The molecule has 6 heterocycles. The van der Waals surface area contributed by atoms with Crippen LogP contribution in [0.3, 0.4) is 0 Å². The van der Waals surface area contributed by atoms with E-state index in [0.29, 0.717) is 54.3 Å². The van der Waals surface area contributed by atoms with Gasteiger partial charge >= 0.3 is 12.2 Å². The average Bonchev–Trinajstić information content (AvgIpc) is 3.58. The number of benzene rings is 1. The van der Waals surface area contributed by atoms with Crippen molar-refractivity contribution in [2.24, 2.45) is 5.41 Å². The lowest BCUT2D eigenvalue weighted by atomic mass is 9.89. The summed E-state index contributed by atoms with van der Waals surface area (Å²) < 4.78 is 77.3. The van der Waals surface area contributed by atoms with Crippen molar-refractivity contribution < 1.29 is 41.3 Å². The quantitative estimate of drug-likeness (QED) is 0.202. The van der Waals surface area contributed by atoms with E-state index in [4.69, 9.17) is 36.8 Å². The predicted octanol–water partition coefficient (Wildman–Crippen LogP) is 6.01. The number of alkyl halides is 3. The molecule has 18 heteroatoms. The van der Waals surface area contributed by atoms with E-state index in [0.717, 1.165) is 38.4 Å². The molecule has 5 aliphatic rings. The van der Waals surface area contributed by atoms with Crippen LogP contribution in [0.2, 0.25) is 5.02 Å². The maximum atomic E-state index is 14.3. The first-order chi connectivity index (χ1) is 25.1. The van der Waals surface area contributed by atoms with E-state index in [1.54, 1.807) is 4.68 Å². The van der Waals surface area contributed by atoms with Gasteiger partial charge in [0.1, 0.15) is 18.1 Å². The summed E-state index contributed by atoms with van der Waals surface area (Å²) in [6, 6.07) is 2.49. The molecule has 3 fully saturated rings. The van der Waals surface area contributed by atoms with Crippen molar-refractivity contribution >= 4 is 29.0 Å². The van der Waals surface area contributed by atoms with Crippen molar-refractivity contribution in [3.8, 4) is 11.8 Å². The fourth-order valence-electron chi connectivity index (χ4n) is 8.44. The molecular formula is C35H40ClF5N8O4. The third kappa shape index (κ3) is 7.22. The number of hydrogen-bond donors (Lipinski definition) is 3. The van der Waals surface area contributed by atoms with Gasteiger partial charge in [-0.1, -0.05) is 11.6 Å². The summed E-state index contributed by atoms with van der Waals surface area (Å²) in [5, 5.41) is 17.4. The summed E-state index contributed by atoms with van der Waals surface area (Å²) in [5.41, 5.74) is 6.72. The third-order valence-electron chi connectivity index (χ3n) is 10.9. The fraction of sp³-hybridized carbons (Fsp3) is 0.543. The highest BCUT2D eigenvalue weighted by Gasteiger charge is 2.60. The number of aromatic hydroxyl groups is 1. The Labute approximate surface area is 307 Å². The summed E-state index contributed by atoms with van der Waals surface area (Å²) in [6.07, 6.45) is -1.29. The van der Waals surface area contributed by atoms with Gasteiger partial charge in [0, 0.05) is 44.4 Å². The van der Waals surface area contributed by atoms with Gasteiger partial charge in [-0.2, -0.15) is 37.0 Å². The van der Waals surface area contributed by atoms with Crippen LogP contribution in [0.4, 0.5) is 33.5 Å². The second-order valence-corrected chi connectivity index (χ2v) is 14.9. The Morgan fingerprint density at radius 1 is 1.19 bits per heavy atom. The molecule has 2 unspecified atom stereocenters. The van der Waals surface area contributed by atoms with Crippen LogP contribution in [0.5, 0.6) is 11.8 Å². The van der Waals surface area contributed by atoms with Crippen molar-refractivity contribution in [1.82, 2.24) is 30.0 Å². The van der Waals surface area contributed by atoms with Crippen LogP contribution in [0.25, 0.3) is 0 Å². The lowest BCUT2D eigenvalue weighted by Gasteiger charge is -2.33. The van der Waals surface area contributed by atoms with Gasteiger partial charge in [-0.05, 0) is 74.8 Å². The monoisotopic (exact) mass is 766 g/mol. The highest BCUT2D eigenvalue weighted by atomic mass is 35.5. The number of aromatic nitrogens is 4. The number of nitrogen functional groups attached to an aromatic ring is 1. The van der Waals surface area contributed by atoms with Crippen molar-refractivity contribution in [1.29, 1.82) is 0 Å². The molecule has 0 bridgehead atoms. The average molecular weight is 767 g/mol. The van der Waals surface area contributed by atoms with Crippen LogP contribution < -0.4 is 20.7 Å². The topological polar surface area (TPSA) is 144 Å². The summed E-state index contributed by atoms with van der Waals surface area (Å²) in [7, 11) is 1.47. The first kappa shape index (κ1) is 37.1. The van der Waals surface area contributed by atoms with Crippen LogP contribution >= 0.6 is 11.6 Å². The predicted molar refractivity (Wildman–Crippen MR) is 184 cm³/mol. The maximum absolute atomic E-state index is 14.3. The maximum Gasteiger partial charge on any atom is 0.418 e. The molecule has 4 N–H and O–H groups in total. The van der Waals surface area contributed by atoms with Gasteiger partial charge in [-0.3, -0.25) is 14.4 Å². The van der Waals surface area contributed by atoms with E-state index < -0.39 is 34.9 Å². The van der Waals surface area contributed by atoms with Crippen molar-refractivity contribution in [2.75, 3.05) is 43.9 Å². The Balaban J connectivity index is 0.00000104. The van der Waals surface area contributed by atoms with Crippen LogP contribution in [0.1, 0.15) is 83.2 Å². The number of nitrogens with one attached hydrogen (secondary N) is 1. The molecule has 2 aromatic heterocycles. The minimum Gasteiger partial charge on any atom is -0.504 e. The van der Waals surface area contributed by atoms with E-state index in [1.807, 2.05) is 4.90 Å². The Hall–Kier alpha value is -4.22. The van der Waals surface area contributed by atoms with Crippen molar-refractivity contribution in [3.63, 3.8) is 0 Å². The van der Waals surface area contributed by atoms with Gasteiger partial charge < -0.3 is 30.5 Å². The summed E-state index contributed by atoms with van der Waals surface area (Å²) in [6.45, 7) is 5.83. The first-order valence-electron chi connectivity index (χ1n) is 17.4. The van der Waals surface area contributed by atoms with Gasteiger partial charge in [0.05, 0.1) is 41.1 Å². The molecule has 2 saturated heterocycles. The summed E-state index contributed by atoms with van der Waals surface area (Å²) in [4.78, 5) is 26.6. The smallest absolute Gasteiger partial charge is 0.418 e. The molecule has 12 nitrogen and oxygen atoms in total. The number of halogens is 6. The molecule has 4 aliphatic heterocycles. The van der Waals surface area contributed by atoms with E-state index in [2.05, 4.69) is 21.9 Å². The highest BCUT2D eigenvalue weighted by molar-refractivity contribution is 6.31. The number of rotatable bonds is 6. The number of carbonyl (C=O) groups excluding carboxylic acids is 1. The van der Waals surface area contributed by atoms with Gasteiger partial charge in [-0.25, -0.2) is 0 Å². The third-order valence-corrected chi connectivity index (χ3v) is 11.2. The minimum atomic E-state index is -4.73. The zero-order valence-corrected chi connectivity index (χ0v) is 29.8. The summed E-state index contributed by atoms with van der Waals surface area (Å²) >= 11 is 6.10. The lowest BCUT2D eigenvalue weighted by Crippen LogP contribution is -2.43. The minimum absolute atomic E-state index is 0.00228. The zero-order valence-electron chi connectivity index (χ0n) is 29.0. The summed E-state index contributed by atoms with van der Waals surface area (Å²) in [5.74, 6) is -0.211. The lowest BCUT2D eigenvalue weighted by molar-refractivity contribution is -0.139. The van der Waals surface area contributed by atoms with Crippen molar-refractivity contribution in [3.05, 3.63) is 63.6 Å². The number of anilines is 2. The van der Waals surface area contributed by atoms with Crippen molar-refractivity contribution in [2.45, 2.75) is 82.5 Å². The Bertz CT molecular complexity index is 1930. The van der Waals surface area contributed by atoms with Crippen LogP contribution in [0, 0.1) is 5.41 Å². The Morgan fingerprint density at radius 2 is 1.94 bits per heavy atom. The number of aryl methyl sites for hydroxylation is 1. The van der Waals surface area contributed by atoms with Crippen LogP contribution in [0.15, 0.2) is 24.8 Å². The van der Waals surface area contributed by atoms with Gasteiger partial charge in [0.15, 0.2) is 11.4 Å². The molecule has 3 aromatic rings. The molecule has 1 aromatic carbocycles. The van der Waals surface area contributed by atoms with E-state index >= 15 is 0 Å². The molecule has 53 heavy (non-hydrogen) atoms. The number of ether oxygens (including phenoxy) is 2. The molecule has 1 saturated carbocycles. The normalized spacial score (nSPS) is 23.0. The van der Waals surface area contributed by atoms with E-state index in [-0.39, 0.29) is 53.8 Å². The number of nitrogens with zero attached hydrogens (tertiary/aromatic N) is 6. The SMILES string of the molecule is C=C(F)F.CNC(=O)c1nn2c(c1O)CN(c1nc(OCC34CCCN3CC3(CC3)C4)nc3c1COC(c1cc(N)cc(Cl)c1C(F)(F)F)C3)CCC2. The molecule has 1 aliphatic carbocycles. The highest BCUT2D eigenvalue weighted by Crippen LogP contribution is 2.60. The van der Waals surface area contributed by atoms with Crippen LogP contribution in [-0.4, -0.2) is 74.5 Å². The molecule has 2 atom stereocenters. The standard InChI is InChI=1S/C33H38ClF3N8O4.C2H2F2/c1-39-29(47)26-27(46)23-13-43(7-3-9-45(23)42-26)28-20-14-48-24(19-10-18(38)11-21(34)25(19)33(35,36)37)12-22(20)40-30(41-28)49-17-32-4-2-8-44(32)16-31(15-32)5-6-31;1-2(3)4/h10-11,24,46H,2-9,12-17,38H2,1H3,(H,39,47);1H2. The van der Waals surface area contributed by atoms with Gasteiger partial charge in [0.25, 0.3) is 12.0 Å². The number of nitrogens with two attached hydrogens (primary N) is 1. The molecular weight excluding hydrogens is 727 g/mol. The number of hydrogen-bond acceptors (Lipinski definition) is 10. The zero-order chi connectivity index (χ0) is 37.9. The molecule has 8 rings (SSSR count). The second kappa shape index (κ2) is 13.9.